The third-order valence-corrected chi connectivity index (χ3v) is 4.78. The van der Waals surface area contributed by atoms with E-state index >= 15 is 0 Å². The van der Waals surface area contributed by atoms with Crippen molar-refractivity contribution >= 4 is 11.0 Å². The van der Waals surface area contributed by atoms with Gasteiger partial charge < -0.3 is 19.1 Å². The minimum Gasteiger partial charge on any atom is -0.454 e. The van der Waals surface area contributed by atoms with Crippen LogP contribution in [0, 0.1) is 0 Å². The van der Waals surface area contributed by atoms with Crippen LogP contribution in [-0.4, -0.2) is 28.1 Å². The Morgan fingerprint density at radius 3 is 2.68 bits per heavy atom. The van der Waals surface area contributed by atoms with Crippen molar-refractivity contribution in [3.63, 3.8) is 0 Å². The number of rotatable bonds is 4. The van der Waals surface area contributed by atoms with Crippen molar-refractivity contribution in [1.82, 2.24) is 9.55 Å². The van der Waals surface area contributed by atoms with Crippen LogP contribution < -0.4 is 9.47 Å². The number of imidazole rings is 1. The minimum atomic E-state index is 0.203. The molecule has 1 N–H and O–H groups in total. The number of hydrogen-bond acceptors (Lipinski definition) is 4. The third kappa shape index (κ3) is 2.33. The molecular formula is C17H22N2O3. The van der Waals surface area contributed by atoms with Gasteiger partial charge in [0.15, 0.2) is 11.5 Å². The summed E-state index contributed by atoms with van der Waals surface area (Å²) in [6.45, 7) is 1.29. The summed E-state index contributed by atoms with van der Waals surface area (Å²) in [6, 6.07) is 4.02. The van der Waals surface area contributed by atoms with E-state index in [-0.39, 0.29) is 13.4 Å². The highest BCUT2D eigenvalue weighted by molar-refractivity contribution is 5.81. The molecule has 1 saturated carbocycles. The highest BCUT2D eigenvalue weighted by Crippen LogP contribution is 2.39. The molecule has 2 heterocycles. The number of benzene rings is 1. The molecule has 4 rings (SSSR count). The second-order valence-electron chi connectivity index (χ2n) is 6.23. The first-order chi connectivity index (χ1) is 10.9. The first-order valence-corrected chi connectivity index (χ1v) is 8.27. The van der Waals surface area contributed by atoms with Crippen LogP contribution in [-0.2, 0) is 6.54 Å². The van der Waals surface area contributed by atoms with Crippen LogP contribution >= 0.6 is 0 Å². The maximum absolute atomic E-state index is 9.21. The molecule has 1 aliphatic carbocycles. The van der Waals surface area contributed by atoms with Crippen molar-refractivity contribution in [2.75, 3.05) is 13.4 Å². The highest BCUT2D eigenvalue weighted by atomic mass is 16.7. The number of aryl methyl sites for hydroxylation is 1. The lowest BCUT2D eigenvalue weighted by Crippen LogP contribution is -2.13. The zero-order valence-electron chi connectivity index (χ0n) is 12.8. The molecule has 5 heteroatoms. The SMILES string of the molecule is OCCCn1c(C2CCCCC2)nc2cc3c(cc21)OCO3. The van der Waals surface area contributed by atoms with Gasteiger partial charge in [-0.25, -0.2) is 4.98 Å². The molecule has 0 unspecified atom stereocenters. The van der Waals surface area contributed by atoms with Gasteiger partial charge in [0.05, 0.1) is 11.0 Å². The summed E-state index contributed by atoms with van der Waals surface area (Å²) < 4.78 is 13.3. The van der Waals surface area contributed by atoms with Crippen molar-refractivity contribution < 1.29 is 14.6 Å². The van der Waals surface area contributed by atoms with Gasteiger partial charge in [-0.3, -0.25) is 0 Å². The lowest BCUT2D eigenvalue weighted by atomic mass is 9.88. The summed E-state index contributed by atoms with van der Waals surface area (Å²) in [5, 5.41) is 9.21. The Hall–Kier alpha value is -1.75. The van der Waals surface area contributed by atoms with Gasteiger partial charge in [0.25, 0.3) is 0 Å². The average molecular weight is 302 g/mol. The average Bonchev–Trinajstić information content (AvgIpc) is 3.15. The molecule has 22 heavy (non-hydrogen) atoms. The molecule has 2 aliphatic rings. The number of fused-ring (bicyclic) bond motifs is 2. The zero-order valence-corrected chi connectivity index (χ0v) is 12.8. The van der Waals surface area contributed by atoms with Gasteiger partial charge >= 0.3 is 0 Å². The summed E-state index contributed by atoms with van der Waals surface area (Å²) in [4.78, 5) is 4.91. The minimum absolute atomic E-state index is 0.203. The molecular weight excluding hydrogens is 280 g/mol. The Morgan fingerprint density at radius 1 is 1.14 bits per heavy atom. The van der Waals surface area contributed by atoms with Crippen LogP contribution in [0.1, 0.15) is 50.3 Å². The van der Waals surface area contributed by atoms with Crippen molar-refractivity contribution in [3.05, 3.63) is 18.0 Å². The second-order valence-corrected chi connectivity index (χ2v) is 6.23. The van der Waals surface area contributed by atoms with Crippen molar-refractivity contribution in [3.8, 4) is 11.5 Å². The molecule has 1 aromatic carbocycles. The number of hydrogen-bond donors (Lipinski definition) is 1. The molecule has 118 valence electrons. The van der Waals surface area contributed by atoms with Gasteiger partial charge in [0, 0.05) is 31.2 Å². The maximum atomic E-state index is 9.21. The predicted molar refractivity (Wildman–Crippen MR) is 83.4 cm³/mol. The molecule has 0 amide bonds. The third-order valence-electron chi connectivity index (χ3n) is 4.78. The number of aliphatic hydroxyl groups excluding tert-OH is 1. The van der Waals surface area contributed by atoms with Crippen molar-refractivity contribution in [1.29, 1.82) is 0 Å². The fraction of sp³-hybridized carbons (Fsp3) is 0.588. The maximum Gasteiger partial charge on any atom is 0.231 e. The predicted octanol–water partition coefficient (Wildman–Crippen LogP) is 3.20. The summed E-state index contributed by atoms with van der Waals surface area (Å²) in [6.07, 6.45) is 7.10. The van der Waals surface area contributed by atoms with E-state index in [4.69, 9.17) is 14.5 Å². The molecule has 5 nitrogen and oxygen atoms in total. The van der Waals surface area contributed by atoms with Crippen LogP contribution in [0.25, 0.3) is 11.0 Å². The van der Waals surface area contributed by atoms with E-state index in [2.05, 4.69) is 4.57 Å². The standard InChI is InChI=1S/C17H22N2O3/c20-8-4-7-19-14-10-16-15(21-11-22-16)9-13(14)18-17(19)12-5-2-1-3-6-12/h9-10,12,20H,1-8,11H2. The Kier molecular flexibility index (Phi) is 3.66. The summed E-state index contributed by atoms with van der Waals surface area (Å²) in [7, 11) is 0. The number of nitrogens with zero attached hydrogens (tertiary/aromatic N) is 2. The molecule has 1 aliphatic heterocycles. The summed E-state index contributed by atoms with van der Waals surface area (Å²) in [5.41, 5.74) is 2.07. The van der Waals surface area contributed by atoms with Gasteiger partial charge in [-0.1, -0.05) is 19.3 Å². The fourth-order valence-corrected chi connectivity index (χ4v) is 3.67. The highest BCUT2D eigenvalue weighted by Gasteiger charge is 2.24. The lowest BCUT2D eigenvalue weighted by Gasteiger charge is -2.22. The summed E-state index contributed by atoms with van der Waals surface area (Å²) >= 11 is 0. The largest absolute Gasteiger partial charge is 0.454 e. The van der Waals surface area contributed by atoms with Crippen LogP contribution in [0.5, 0.6) is 11.5 Å². The molecule has 0 bridgehead atoms. The van der Waals surface area contributed by atoms with E-state index in [1.165, 1.54) is 37.9 Å². The van der Waals surface area contributed by atoms with E-state index in [9.17, 15) is 5.11 Å². The quantitative estimate of drug-likeness (QED) is 0.942. The smallest absolute Gasteiger partial charge is 0.231 e. The van der Waals surface area contributed by atoms with Crippen LogP contribution in [0.4, 0.5) is 0 Å². The number of ether oxygens (including phenoxy) is 2. The van der Waals surface area contributed by atoms with Gasteiger partial charge in [-0.05, 0) is 19.3 Å². The number of aliphatic hydroxyl groups is 1. The Morgan fingerprint density at radius 2 is 1.91 bits per heavy atom. The van der Waals surface area contributed by atoms with E-state index in [0.29, 0.717) is 5.92 Å². The molecule has 0 saturated heterocycles. The van der Waals surface area contributed by atoms with E-state index in [0.717, 1.165) is 35.5 Å². The lowest BCUT2D eigenvalue weighted by molar-refractivity contribution is 0.174. The first kappa shape index (κ1) is 13.9. The second kappa shape index (κ2) is 5.80. The fourth-order valence-electron chi connectivity index (χ4n) is 3.67. The molecule has 0 spiro atoms. The molecule has 2 aromatic rings. The van der Waals surface area contributed by atoms with Gasteiger partial charge in [-0.2, -0.15) is 0 Å². The summed E-state index contributed by atoms with van der Waals surface area (Å²) in [5.74, 6) is 3.30. The Balaban J connectivity index is 1.80. The van der Waals surface area contributed by atoms with Crippen molar-refractivity contribution in [2.24, 2.45) is 0 Å². The zero-order chi connectivity index (χ0) is 14.9. The van der Waals surface area contributed by atoms with E-state index in [1.54, 1.807) is 0 Å². The molecule has 1 aromatic heterocycles. The first-order valence-electron chi connectivity index (χ1n) is 8.27. The van der Waals surface area contributed by atoms with Gasteiger partial charge in [0.2, 0.25) is 6.79 Å². The van der Waals surface area contributed by atoms with Crippen LogP contribution in [0.2, 0.25) is 0 Å². The van der Waals surface area contributed by atoms with Crippen LogP contribution in [0.15, 0.2) is 12.1 Å². The Bertz CT molecular complexity index is 674. The molecule has 0 atom stereocenters. The van der Waals surface area contributed by atoms with E-state index < -0.39 is 0 Å². The van der Waals surface area contributed by atoms with Gasteiger partial charge in [-0.15, -0.1) is 0 Å². The van der Waals surface area contributed by atoms with Gasteiger partial charge in [0.1, 0.15) is 5.82 Å². The number of aromatic nitrogens is 2. The molecule has 1 fully saturated rings. The van der Waals surface area contributed by atoms with Crippen molar-refractivity contribution in [2.45, 2.75) is 51.0 Å². The topological polar surface area (TPSA) is 56.5 Å². The Labute approximate surface area is 129 Å². The van der Waals surface area contributed by atoms with E-state index in [1.807, 2.05) is 12.1 Å². The van der Waals surface area contributed by atoms with Crippen LogP contribution in [0.3, 0.4) is 0 Å². The monoisotopic (exact) mass is 302 g/mol. The normalized spacial score (nSPS) is 18.2. The molecule has 0 radical (unpaired) electrons.